The molecule has 3 rings (SSSR count). The summed E-state index contributed by atoms with van der Waals surface area (Å²) in [5.41, 5.74) is -2.24. The number of carbonyl (C=O) groups excluding carboxylic acids is 1. The molecule has 1 heterocycles. The molecule has 2 aromatic rings. The van der Waals surface area contributed by atoms with Crippen LogP contribution in [0.4, 0.5) is 29.3 Å². The predicted octanol–water partition coefficient (Wildman–Crippen LogP) is 4.66. The largest absolute Gasteiger partial charge is 0.497 e. The van der Waals surface area contributed by atoms with Gasteiger partial charge in [0.2, 0.25) is 0 Å². The zero-order valence-corrected chi connectivity index (χ0v) is 17.9. The summed E-state index contributed by atoms with van der Waals surface area (Å²) in [6, 6.07) is 9.40. The van der Waals surface area contributed by atoms with Crippen LogP contribution in [0, 0.1) is 0 Å². The van der Waals surface area contributed by atoms with Gasteiger partial charge in [-0.2, -0.15) is 13.2 Å². The zero-order chi connectivity index (χ0) is 23.0. The summed E-state index contributed by atoms with van der Waals surface area (Å²) < 4.78 is 58.0. The molecular weight excluding hydrogens is 412 g/mol. The summed E-state index contributed by atoms with van der Waals surface area (Å²) in [5, 5.41) is 4.97. The molecule has 0 bridgehead atoms. The lowest BCUT2D eigenvalue weighted by atomic mass is 9.75. The number of amides is 2. The average molecular weight is 436 g/mol. The highest BCUT2D eigenvalue weighted by Gasteiger charge is 2.53. The molecule has 0 saturated carbocycles. The molecule has 2 N–H and O–H groups in total. The highest BCUT2D eigenvalue weighted by Crippen LogP contribution is 2.38. The van der Waals surface area contributed by atoms with Crippen molar-refractivity contribution in [2.45, 2.75) is 45.1 Å². The molecule has 0 radical (unpaired) electrons. The maximum Gasteiger partial charge on any atom is 0.495 e. The third-order valence-electron chi connectivity index (χ3n) is 5.45. The number of hydrogen-bond acceptors (Lipinski definition) is 4. The Hall–Kier alpha value is -2.72. The number of ether oxygens (including phenoxy) is 1. The Morgan fingerprint density at radius 2 is 1.55 bits per heavy atom. The van der Waals surface area contributed by atoms with E-state index in [2.05, 4.69) is 10.6 Å². The van der Waals surface area contributed by atoms with E-state index in [0.29, 0.717) is 11.4 Å². The van der Waals surface area contributed by atoms with Crippen LogP contribution in [0.5, 0.6) is 5.75 Å². The molecular formula is C21H24BF3N2O4. The summed E-state index contributed by atoms with van der Waals surface area (Å²) in [5.74, 6) is 0.531. The quantitative estimate of drug-likeness (QED) is 0.685. The highest BCUT2D eigenvalue weighted by molar-refractivity contribution is 6.62. The number of alkyl halides is 3. The zero-order valence-electron chi connectivity index (χ0n) is 17.9. The van der Waals surface area contributed by atoms with Crippen LogP contribution in [0.15, 0.2) is 42.5 Å². The van der Waals surface area contributed by atoms with E-state index in [9.17, 15) is 18.0 Å². The van der Waals surface area contributed by atoms with E-state index in [-0.39, 0.29) is 11.2 Å². The average Bonchev–Trinajstić information content (AvgIpc) is 2.88. The molecule has 166 valence electrons. The van der Waals surface area contributed by atoms with Gasteiger partial charge in [-0.05, 0) is 57.4 Å². The van der Waals surface area contributed by atoms with Crippen LogP contribution in [0.3, 0.4) is 0 Å². The van der Waals surface area contributed by atoms with Crippen molar-refractivity contribution in [3.05, 3.63) is 48.0 Å². The molecule has 2 aromatic carbocycles. The number of anilines is 2. The van der Waals surface area contributed by atoms with Gasteiger partial charge >= 0.3 is 19.3 Å². The van der Waals surface area contributed by atoms with Gasteiger partial charge < -0.3 is 24.7 Å². The molecule has 6 nitrogen and oxygen atoms in total. The number of rotatable bonds is 4. The van der Waals surface area contributed by atoms with Crippen LogP contribution in [0.2, 0.25) is 0 Å². The Morgan fingerprint density at radius 3 is 2.10 bits per heavy atom. The van der Waals surface area contributed by atoms with Crippen molar-refractivity contribution in [2.24, 2.45) is 0 Å². The van der Waals surface area contributed by atoms with Crippen molar-refractivity contribution >= 4 is 30.0 Å². The Balaban J connectivity index is 1.82. The molecule has 0 atom stereocenters. The second kappa shape index (κ2) is 8.09. The van der Waals surface area contributed by atoms with Crippen molar-refractivity contribution < 1.29 is 32.0 Å². The van der Waals surface area contributed by atoms with Crippen molar-refractivity contribution in [1.29, 1.82) is 0 Å². The number of hydrogen-bond donors (Lipinski definition) is 2. The molecule has 0 aliphatic carbocycles. The van der Waals surface area contributed by atoms with E-state index in [1.165, 1.54) is 19.2 Å². The topological polar surface area (TPSA) is 68.8 Å². The van der Waals surface area contributed by atoms with Gasteiger partial charge in [0.05, 0.1) is 23.9 Å². The van der Waals surface area contributed by atoms with E-state index in [1.54, 1.807) is 52.0 Å². The Kier molecular flexibility index (Phi) is 5.99. The minimum Gasteiger partial charge on any atom is -0.497 e. The molecule has 31 heavy (non-hydrogen) atoms. The van der Waals surface area contributed by atoms with Crippen molar-refractivity contribution in [3.8, 4) is 5.75 Å². The van der Waals surface area contributed by atoms with Crippen LogP contribution < -0.4 is 20.8 Å². The Labute approximate surface area is 179 Å². The minimum absolute atomic E-state index is 0.0204. The van der Waals surface area contributed by atoms with Crippen LogP contribution in [0.1, 0.15) is 33.3 Å². The lowest BCUT2D eigenvalue weighted by Gasteiger charge is -2.32. The summed E-state index contributed by atoms with van der Waals surface area (Å²) in [6.45, 7) is 7.05. The normalized spacial score (nSPS) is 17.4. The number of carbonyl (C=O) groups is 1. The van der Waals surface area contributed by atoms with Gasteiger partial charge in [-0.15, -0.1) is 0 Å². The molecule has 1 aliphatic heterocycles. The molecule has 1 aliphatic rings. The van der Waals surface area contributed by atoms with Crippen LogP contribution in [-0.2, 0) is 15.5 Å². The smallest absolute Gasteiger partial charge is 0.495 e. The van der Waals surface area contributed by atoms with Gasteiger partial charge in [0.15, 0.2) is 0 Å². The van der Waals surface area contributed by atoms with Gasteiger partial charge in [-0.3, -0.25) is 0 Å². The number of benzene rings is 2. The first kappa shape index (κ1) is 23.0. The maximum absolute atomic E-state index is 13.8. The highest BCUT2D eigenvalue weighted by atomic mass is 19.4. The van der Waals surface area contributed by atoms with E-state index in [4.69, 9.17) is 14.0 Å². The first-order chi connectivity index (χ1) is 14.3. The van der Waals surface area contributed by atoms with Crippen molar-refractivity contribution in [3.63, 3.8) is 0 Å². The Morgan fingerprint density at radius 1 is 0.968 bits per heavy atom. The maximum atomic E-state index is 13.8. The second-order valence-electron chi connectivity index (χ2n) is 8.20. The molecule has 1 fully saturated rings. The van der Waals surface area contributed by atoms with E-state index in [1.807, 2.05) is 0 Å². The fourth-order valence-corrected chi connectivity index (χ4v) is 3.05. The molecule has 2 amide bonds. The number of halogens is 3. The van der Waals surface area contributed by atoms with E-state index >= 15 is 0 Å². The van der Waals surface area contributed by atoms with Gasteiger partial charge in [-0.1, -0.05) is 12.1 Å². The van der Waals surface area contributed by atoms with E-state index < -0.39 is 36.1 Å². The summed E-state index contributed by atoms with van der Waals surface area (Å²) in [6.07, 6.45) is -4.67. The summed E-state index contributed by atoms with van der Waals surface area (Å²) in [4.78, 5) is 12.3. The number of nitrogens with one attached hydrogen (secondary N) is 2. The van der Waals surface area contributed by atoms with Crippen LogP contribution in [-0.4, -0.2) is 31.5 Å². The first-order valence-corrected chi connectivity index (χ1v) is 9.61. The monoisotopic (exact) mass is 436 g/mol. The second-order valence-corrected chi connectivity index (χ2v) is 8.20. The van der Waals surface area contributed by atoms with Gasteiger partial charge in [0, 0.05) is 17.4 Å². The minimum atomic E-state index is -4.67. The van der Waals surface area contributed by atoms with Crippen LogP contribution in [0.25, 0.3) is 0 Å². The van der Waals surface area contributed by atoms with Gasteiger partial charge in [0.25, 0.3) is 0 Å². The summed E-state index contributed by atoms with van der Waals surface area (Å²) >= 11 is 0. The lowest BCUT2D eigenvalue weighted by Crippen LogP contribution is -2.41. The number of methoxy groups -OCH3 is 1. The Bertz CT molecular complexity index is 963. The van der Waals surface area contributed by atoms with Gasteiger partial charge in [-0.25, -0.2) is 4.79 Å². The lowest BCUT2D eigenvalue weighted by molar-refractivity contribution is -0.136. The predicted molar refractivity (Wildman–Crippen MR) is 113 cm³/mol. The first-order valence-electron chi connectivity index (χ1n) is 9.61. The standard InChI is InChI=1S/C21H24BF3N2O4/c1-19(2)20(3,4)31-22(30-19)17-10-9-14(12-16(17)21(23,24)25)27-18(28)26-13-7-6-8-15(11-13)29-5/h6-12H,1-5H3,(H2,26,27,28). The third kappa shape index (κ3) is 4.96. The van der Waals surface area contributed by atoms with Gasteiger partial charge in [0.1, 0.15) is 5.75 Å². The molecule has 0 aromatic heterocycles. The van der Waals surface area contributed by atoms with Crippen LogP contribution >= 0.6 is 0 Å². The molecule has 0 spiro atoms. The fraction of sp³-hybridized carbons (Fsp3) is 0.381. The molecule has 10 heteroatoms. The summed E-state index contributed by atoms with van der Waals surface area (Å²) in [7, 11) is 0.306. The SMILES string of the molecule is COc1cccc(NC(=O)Nc2ccc(B3OC(C)(C)C(C)(C)O3)c(C(F)(F)F)c2)c1. The molecule has 1 saturated heterocycles. The fourth-order valence-electron chi connectivity index (χ4n) is 3.05. The third-order valence-corrected chi connectivity index (χ3v) is 5.45. The number of urea groups is 1. The van der Waals surface area contributed by atoms with Crippen molar-refractivity contribution in [2.75, 3.05) is 17.7 Å². The molecule has 0 unspecified atom stereocenters. The van der Waals surface area contributed by atoms with Crippen molar-refractivity contribution in [1.82, 2.24) is 0 Å². The van der Waals surface area contributed by atoms with E-state index in [0.717, 1.165) is 6.07 Å².